The third-order valence-electron chi connectivity index (χ3n) is 3.64. The molecular weight excluding hydrogens is 282 g/mol. The minimum absolute atomic E-state index is 0.479. The van der Waals surface area contributed by atoms with Crippen molar-refractivity contribution in [2.24, 2.45) is 5.92 Å². The van der Waals surface area contributed by atoms with Gasteiger partial charge in [-0.2, -0.15) is 0 Å². The molecule has 0 aliphatic heterocycles. The second-order valence-corrected chi connectivity index (χ2v) is 7.36. The summed E-state index contributed by atoms with van der Waals surface area (Å²) in [6, 6.07) is 5.48. The Balaban J connectivity index is 1.88. The molecule has 0 amide bonds. The Morgan fingerprint density at radius 1 is 1.31 bits per heavy atom. The van der Waals surface area contributed by atoms with Crippen LogP contribution < -0.4 is 5.32 Å². The molecule has 1 aromatic rings. The first-order valence-electron chi connectivity index (χ1n) is 6.18. The maximum atomic E-state index is 3.74. The highest BCUT2D eigenvalue weighted by Crippen LogP contribution is 2.31. The van der Waals surface area contributed by atoms with Crippen molar-refractivity contribution in [3.63, 3.8) is 0 Å². The Hall–Kier alpha value is 0.140. The minimum Gasteiger partial charge on any atom is -0.307 e. The predicted octanol–water partition coefficient (Wildman–Crippen LogP) is 4.74. The van der Waals surface area contributed by atoms with Gasteiger partial charge < -0.3 is 5.32 Å². The smallest absolute Gasteiger partial charge is 0.0701 e. The van der Waals surface area contributed by atoms with Crippen molar-refractivity contribution in [3.8, 4) is 0 Å². The van der Waals surface area contributed by atoms with Gasteiger partial charge in [-0.05, 0) is 60.7 Å². The molecule has 16 heavy (non-hydrogen) atoms. The van der Waals surface area contributed by atoms with Crippen molar-refractivity contribution in [1.29, 1.82) is 0 Å². The molecule has 0 bridgehead atoms. The van der Waals surface area contributed by atoms with E-state index in [1.165, 1.54) is 34.3 Å². The second-order valence-electron chi connectivity index (χ2n) is 4.86. The molecule has 3 heteroatoms. The largest absolute Gasteiger partial charge is 0.307 e. The van der Waals surface area contributed by atoms with Gasteiger partial charge in [-0.25, -0.2) is 0 Å². The number of halogens is 1. The molecule has 1 fully saturated rings. The lowest BCUT2D eigenvalue weighted by Gasteiger charge is -2.24. The molecule has 1 aliphatic rings. The molecule has 90 valence electrons. The van der Waals surface area contributed by atoms with E-state index >= 15 is 0 Å². The Labute approximate surface area is 111 Å². The zero-order valence-corrected chi connectivity index (χ0v) is 12.4. The van der Waals surface area contributed by atoms with Gasteiger partial charge in [-0.1, -0.05) is 12.8 Å². The van der Waals surface area contributed by atoms with Crippen molar-refractivity contribution in [2.45, 2.75) is 51.6 Å². The molecule has 2 rings (SSSR count). The van der Waals surface area contributed by atoms with Crippen LogP contribution in [0.15, 0.2) is 15.9 Å². The quantitative estimate of drug-likeness (QED) is 0.847. The van der Waals surface area contributed by atoms with Gasteiger partial charge >= 0.3 is 0 Å². The molecule has 1 unspecified atom stereocenters. The lowest BCUT2D eigenvalue weighted by molar-refractivity contribution is 0.354. The van der Waals surface area contributed by atoms with E-state index in [-0.39, 0.29) is 0 Å². The molecule has 1 heterocycles. The number of thiophene rings is 1. The maximum Gasteiger partial charge on any atom is 0.0701 e. The highest BCUT2D eigenvalue weighted by Gasteiger charge is 2.23. The summed E-state index contributed by atoms with van der Waals surface area (Å²) >= 11 is 5.36. The lowest BCUT2D eigenvalue weighted by Crippen LogP contribution is -2.33. The fourth-order valence-electron chi connectivity index (χ4n) is 2.63. The highest BCUT2D eigenvalue weighted by molar-refractivity contribution is 9.11. The summed E-state index contributed by atoms with van der Waals surface area (Å²) in [6.45, 7) is 4.61. The molecule has 2 atom stereocenters. The minimum atomic E-state index is 0.479. The van der Waals surface area contributed by atoms with Crippen LogP contribution in [0.2, 0.25) is 0 Å². The van der Waals surface area contributed by atoms with Gasteiger partial charge in [0, 0.05) is 17.0 Å². The average Bonchev–Trinajstić information content (AvgIpc) is 2.87. The zero-order valence-electron chi connectivity index (χ0n) is 10.0. The van der Waals surface area contributed by atoms with Crippen LogP contribution in [-0.2, 0) is 0 Å². The summed E-state index contributed by atoms with van der Waals surface area (Å²) in [5.74, 6) is 0.894. The van der Waals surface area contributed by atoms with Gasteiger partial charge in [-0.3, -0.25) is 0 Å². The van der Waals surface area contributed by atoms with Crippen molar-refractivity contribution in [2.75, 3.05) is 0 Å². The maximum absolute atomic E-state index is 3.74. The molecule has 0 saturated heterocycles. The summed E-state index contributed by atoms with van der Waals surface area (Å²) in [6.07, 6.45) is 5.68. The van der Waals surface area contributed by atoms with Gasteiger partial charge in [0.1, 0.15) is 0 Å². The van der Waals surface area contributed by atoms with E-state index in [0.29, 0.717) is 12.1 Å². The Kier molecular flexibility index (Phi) is 4.45. The fraction of sp³-hybridized carbons (Fsp3) is 0.692. The van der Waals surface area contributed by atoms with Crippen LogP contribution in [0, 0.1) is 5.92 Å². The highest BCUT2D eigenvalue weighted by atomic mass is 79.9. The van der Waals surface area contributed by atoms with Crippen molar-refractivity contribution in [1.82, 2.24) is 5.32 Å². The first kappa shape index (κ1) is 12.6. The third kappa shape index (κ3) is 3.08. The molecule has 1 aromatic heterocycles. The zero-order chi connectivity index (χ0) is 11.5. The second kappa shape index (κ2) is 5.65. The van der Waals surface area contributed by atoms with Gasteiger partial charge in [0.25, 0.3) is 0 Å². The molecule has 1 N–H and O–H groups in total. The molecule has 1 aliphatic carbocycles. The molecular formula is C13H20BrNS. The van der Waals surface area contributed by atoms with E-state index in [1.54, 1.807) is 0 Å². The standard InChI is InChI=1S/C13H20BrNS/c1-9(11-5-3-4-6-11)15-10(2)12-7-8-13(14)16-12/h7-11,15H,3-6H2,1-2H3/t9-,10?/m0/s1. The summed E-state index contributed by atoms with van der Waals surface area (Å²) in [5, 5.41) is 3.74. The third-order valence-corrected chi connectivity index (χ3v) is 5.45. The summed E-state index contributed by atoms with van der Waals surface area (Å²) < 4.78 is 1.23. The number of hydrogen-bond donors (Lipinski definition) is 1. The van der Waals surface area contributed by atoms with Crippen molar-refractivity contribution >= 4 is 27.3 Å². The van der Waals surface area contributed by atoms with Gasteiger partial charge in [-0.15, -0.1) is 11.3 Å². The molecule has 1 nitrogen and oxygen atoms in total. The van der Waals surface area contributed by atoms with Crippen LogP contribution in [0.25, 0.3) is 0 Å². The normalized spacial score (nSPS) is 21.2. The van der Waals surface area contributed by atoms with E-state index in [4.69, 9.17) is 0 Å². The van der Waals surface area contributed by atoms with Crippen LogP contribution in [0.1, 0.15) is 50.4 Å². The van der Waals surface area contributed by atoms with Crippen molar-refractivity contribution in [3.05, 3.63) is 20.8 Å². The molecule has 0 spiro atoms. The summed E-state index contributed by atoms with van der Waals surface area (Å²) in [4.78, 5) is 1.43. The van der Waals surface area contributed by atoms with E-state index in [1.807, 2.05) is 11.3 Å². The molecule has 1 saturated carbocycles. The van der Waals surface area contributed by atoms with E-state index < -0.39 is 0 Å². The Bertz CT molecular complexity index is 330. The first-order chi connectivity index (χ1) is 7.66. The van der Waals surface area contributed by atoms with E-state index in [0.717, 1.165) is 5.92 Å². The lowest BCUT2D eigenvalue weighted by atomic mass is 9.99. The van der Waals surface area contributed by atoms with Crippen LogP contribution in [0.4, 0.5) is 0 Å². The van der Waals surface area contributed by atoms with E-state index in [9.17, 15) is 0 Å². The van der Waals surface area contributed by atoms with Gasteiger partial charge in [0.05, 0.1) is 3.79 Å². The van der Waals surface area contributed by atoms with Crippen LogP contribution >= 0.6 is 27.3 Å². The number of rotatable bonds is 4. The van der Waals surface area contributed by atoms with Gasteiger partial charge in [0.15, 0.2) is 0 Å². The first-order valence-corrected chi connectivity index (χ1v) is 7.79. The Morgan fingerprint density at radius 2 is 2.00 bits per heavy atom. The summed E-state index contributed by atoms with van der Waals surface area (Å²) in [5.41, 5.74) is 0. The van der Waals surface area contributed by atoms with Crippen LogP contribution in [-0.4, -0.2) is 6.04 Å². The van der Waals surface area contributed by atoms with Crippen LogP contribution in [0.3, 0.4) is 0 Å². The fourth-order valence-corrected chi connectivity index (χ4v) is 4.07. The van der Waals surface area contributed by atoms with Gasteiger partial charge in [0.2, 0.25) is 0 Å². The molecule has 0 radical (unpaired) electrons. The predicted molar refractivity (Wildman–Crippen MR) is 75.0 cm³/mol. The number of nitrogens with one attached hydrogen (secondary N) is 1. The monoisotopic (exact) mass is 301 g/mol. The Morgan fingerprint density at radius 3 is 2.56 bits per heavy atom. The van der Waals surface area contributed by atoms with Crippen LogP contribution in [0.5, 0.6) is 0 Å². The SMILES string of the molecule is CC(N[C@@H](C)C1CCCC1)c1ccc(Br)s1. The molecule has 0 aromatic carbocycles. The number of hydrogen-bond acceptors (Lipinski definition) is 2. The van der Waals surface area contributed by atoms with Crippen molar-refractivity contribution < 1.29 is 0 Å². The average molecular weight is 302 g/mol. The summed E-state index contributed by atoms with van der Waals surface area (Å²) in [7, 11) is 0. The van der Waals surface area contributed by atoms with E-state index in [2.05, 4.69) is 47.2 Å². The topological polar surface area (TPSA) is 12.0 Å².